The molecule has 0 aromatic heterocycles. The van der Waals surface area contributed by atoms with Gasteiger partial charge in [0.2, 0.25) is 0 Å². The van der Waals surface area contributed by atoms with Crippen molar-refractivity contribution in [3.63, 3.8) is 0 Å². The van der Waals surface area contributed by atoms with Crippen LogP contribution in [-0.4, -0.2) is 39.0 Å². The van der Waals surface area contributed by atoms with E-state index in [-0.39, 0.29) is 12.7 Å². The summed E-state index contributed by atoms with van der Waals surface area (Å²) in [5.74, 6) is -0.424. The molecule has 0 heterocycles. The van der Waals surface area contributed by atoms with Gasteiger partial charge in [0.15, 0.2) is 0 Å². The summed E-state index contributed by atoms with van der Waals surface area (Å²) in [6.45, 7) is 9.88. The van der Waals surface area contributed by atoms with Crippen LogP contribution < -0.4 is 0 Å². The minimum Gasteiger partial charge on any atom is -0.462 e. The van der Waals surface area contributed by atoms with Crippen LogP contribution in [0.2, 0.25) is 0 Å². The Kier molecular flexibility index (Phi) is 8.48. The highest BCUT2D eigenvalue weighted by Crippen LogP contribution is 2.00. The summed E-state index contributed by atoms with van der Waals surface area (Å²) < 4.78 is 15.1. The molecule has 0 aliphatic heterocycles. The molecule has 0 bridgehead atoms. The smallest absolute Gasteiger partial charge is 0.335 e. The van der Waals surface area contributed by atoms with Crippen LogP contribution in [0.3, 0.4) is 0 Å². The maximum Gasteiger partial charge on any atom is 0.335 e. The van der Waals surface area contributed by atoms with Gasteiger partial charge in [0.05, 0.1) is 31.5 Å². The van der Waals surface area contributed by atoms with Crippen molar-refractivity contribution in [2.75, 3.05) is 26.9 Å². The van der Waals surface area contributed by atoms with Crippen LogP contribution >= 0.6 is 0 Å². The molecule has 0 amide bonds. The third-order valence-corrected chi connectivity index (χ3v) is 1.96. The van der Waals surface area contributed by atoms with Gasteiger partial charge in [-0.3, -0.25) is 0 Å². The molecule has 16 heavy (non-hydrogen) atoms. The Hall–Kier alpha value is -1.13. The van der Waals surface area contributed by atoms with E-state index in [0.29, 0.717) is 25.2 Å². The Morgan fingerprint density at radius 2 is 2.19 bits per heavy atom. The van der Waals surface area contributed by atoms with Gasteiger partial charge >= 0.3 is 5.97 Å². The Morgan fingerprint density at radius 1 is 1.50 bits per heavy atom. The van der Waals surface area contributed by atoms with Crippen molar-refractivity contribution < 1.29 is 19.0 Å². The Bertz CT molecular complexity index is 235. The van der Waals surface area contributed by atoms with Gasteiger partial charge in [-0.05, 0) is 6.92 Å². The Balaban J connectivity index is 3.63. The lowest BCUT2D eigenvalue weighted by Crippen LogP contribution is -2.15. The minimum absolute atomic E-state index is 0.0816. The summed E-state index contributed by atoms with van der Waals surface area (Å²) in [6.07, 6.45) is 2.36. The summed E-state index contributed by atoms with van der Waals surface area (Å²) in [5.41, 5.74) is 0.312. The molecule has 0 fully saturated rings. The lowest BCUT2D eigenvalue weighted by Gasteiger charge is -2.10. The van der Waals surface area contributed by atoms with Gasteiger partial charge in [-0.15, -0.1) is 6.58 Å². The average molecular weight is 228 g/mol. The topological polar surface area (TPSA) is 44.8 Å². The fourth-order valence-corrected chi connectivity index (χ4v) is 0.862. The molecular weight excluding hydrogens is 208 g/mol. The van der Waals surface area contributed by atoms with Gasteiger partial charge < -0.3 is 14.2 Å². The van der Waals surface area contributed by atoms with Gasteiger partial charge in [0, 0.05) is 13.5 Å². The van der Waals surface area contributed by atoms with E-state index in [2.05, 4.69) is 13.2 Å². The van der Waals surface area contributed by atoms with Crippen LogP contribution in [0.25, 0.3) is 0 Å². The monoisotopic (exact) mass is 228 g/mol. The maximum absolute atomic E-state index is 11.3. The van der Waals surface area contributed by atoms with E-state index in [1.165, 1.54) is 0 Å². The Labute approximate surface area is 96.9 Å². The van der Waals surface area contributed by atoms with Crippen molar-refractivity contribution in [2.24, 2.45) is 0 Å². The standard InChI is InChI=1S/C12H20O4/c1-5-7-15-9-10(2)12(13)16-8-6-11(3)14-4/h5,11H,1-2,6-9H2,3-4H3. The van der Waals surface area contributed by atoms with Crippen molar-refractivity contribution >= 4 is 5.97 Å². The molecule has 1 atom stereocenters. The molecule has 4 heteroatoms. The van der Waals surface area contributed by atoms with Crippen LogP contribution in [0, 0.1) is 0 Å². The number of esters is 1. The molecule has 0 rings (SSSR count). The van der Waals surface area contributed by atoms with Crippen molar-refractivity contribution in [3.8, 4) is 0 Å². The van der Waals surface area contributed by atoms with Gasteiger partial charge in [0.25, 0.3) is 0 Å². The number of ether oxygens (including phenoxy) is 3. The molecule has 4 nitrogen and oxygen atoms in total. The van der Waals surface area contributed by atoms with E-state index in [1.54, 1.807) is 13.2 Å². The molecule has 0 N–H and O–H groups in total. The molecule has 0 aromatic carbocycles. The van der Waals surface area contributed by atoms with E-state index < -0.39 is 5.97 Å². The first-order chi connectivity index (χ1) is 7.61. The van der Waals surface area contributed by atoms with E-state index in [1.807, 2.05) is 6.92 Å². The molecule has 0 aliphatic rings. The van der Waals surface area contributed by atoms with Crippen LogP contribution in [0.4, 0.5) is 0 Å². The highest BCUT2D eigenvalue weighted by atomic mass is 16.5. The average Bonchev–Trinajstić information content (AvgIpc) is 2.28. The second kappa shape index (κ2) is 9.12. The van der Waals surface area contributed by atoms with Gasteiger partial charge in [-0.25, -0.2) is 4.79 Å². The highest BCUT2D eigenvalue weighted by Gasteiger charge is 2.09. The molecule has 0 saturated carbocycles. The predicted octanol–water partition coefficient (Wildman–Crippen LogP) is 1.71. The third kappa shape index (κ3) is 7.20. The van der Waals surface area contributed by atoms with Crippen LogP contribution in [0.5, 0.6) is 0 Å². The lowest BCUT2D eigenvalue weighted by molar-refractivity contribution is -0.140. The van der Waals surface area contributed by atoms with Gasteiger partial charge in [-0.1, -0.05) is 12.7 Å². The SMILES string of the molecule is C=CCOCC(=C)C(=O)OCCC(C)OC. The van der Waals surface area contributed by atoms with Gasteiger partial charge in [-0.2, -0.15) is 0 Å². The van der Waals surface area contributed by atoms with E-state index >= 15 is 0 Å². The summed E-state index contributed by atoms with van der Waals surface area (Å²) >= 11 is 0. The number of hydrogen-bond acceptors (Lipinski definition) is 4. The second-order valence-electron chi connectivity index (χ2n) is 3.38. The zero-order valence-corrected chi connectivity index (χ0v) is 10.0. The number of methoxy groups -OCH3 is 1. The van der Waals surface area contributed by atoms with E-state index in [4.69, 9.17) is 14.2 Å². The molecule has 0 aliphatic carbocycles. The first kappa shape index (κ1) is 14.9. The van der Waals surface area contributed by atoms with Crippen molar-refractivity contribution in [1.82, 2.24) is 0 Å². The molecule has 0 radical (unpaired) electrons. The predicted molar refractivity (Wildman–Crippen MR) is 62.2 cm³/mol. The summed E-state index contributed by atoms with van der Waals surface area (Å²) in [6, 6.07) is 0. The fraction of sp³-hybridized carbons (Fsp3) is 0.583. The molecule has 0 saturated heterocycles. The van der Waals surface area contributed by atoms with Crippen molar-refractivity contribution in [1.29, 1.82) is 0 Å². The number of hydrogen-bond donors (Lipinski definition) is 0. The van der Waals surface area contributed by atoms with E-state index in [9.17, 15) is 4.79 Å². The number of rotatable bonds is 9. The summed E-state index contributed by atoms with van der Waals surface area (Å²) in [5, 5.41) is 0. The Morgan fingerprint density at radius 3 is 2.75 bits per heavy atom. The van der Waals surface area contributed by atoms with Crippen LogP contribution in [-0.2, 0) is 19.0 Å². The second-order valence-corrected chi connectivity index (χ2v) is 3.38. The molecule has 0 aromatic rings. The maximum atomic E-state index is 11.3. The molecule has 1 unspecified atom stereocenters. The summed E-state index contributed by atoms with van der Waals surface area (Å²) in [4.78, 5) is 11.3. The van der Waals surface area contributed by atoms with Crippen molar-refractivity contribution in [3.05, 3.63) is 24.8 Å². The van der Waals surface area contributed by atoms with Gasteiger partial charge in [0.1, 0.15) is 0 Å². The fourth-order valence-electron chi connectivity index (χ4n) is 0.862. The zero-order chi connectivity index (χ0) is 12.4. The quantitative estimate of drug-likeness (QED) is 0.261. The summed E-state index contributed by atoms with van der Waals surface area (Å²) in [7, 11) is 1.62. The first-order valence-corrected chi connectivity index (χ1v) is 5.18. The normalized spacial score (nSPS) is 11.9. The van der Waals surface area contributed by atoms with Crippen LogP contribution in [0.15, 0.2) is 24.8 Å². The third-order valence-electron chi connectivity index (χ3n) is 1.96. The van der Waals surface area contributed by atoms with E-state index in [0.717, 1.165) is 0 Å². The molecule has 92 valence electrons. The first-order valence-electron chi connectivity index (χ1n) is 5.18. The minimum atomic E-state index is -0.424. The highest BCUT2D eigenvalue weighted by molar-refractivity contribution is 5.87. The zero-order valence-electron chi connectivity index (χ0n) is 10.0. The number of carbonyl (C=O) groups is 1. The lowest BCUT2D eigenvalue weighted by atomic mass is 10.3. The molecular formula is C12H20O4. The van der Waals surface area contributed by atoms with Crippen LogP contribution in [0.1, 0.15) is 13.3 Å². The van der Waals surface area contributed by atoms with Crippen molar-refractivity contribution in [2.45, 2.75) is 19.4 Å². The molecule has 0 spiro atoms. The number of carbonyl (C=O) groups excluding carboxylic acids is 1. The largest absolute Gasteiger partial charge is 0.462 e.